The smallest absolute Gasteiger partial charge is 0.240 e. The van der Waals surface area contributed by atoms with Crippen LogP contribution in [0.25, 0.3) is 0 Å². The summed E-state index contributed by atoms with van der Waals surface area (Å²) in [5.41, 5.74) is 0. The number of halogens is 1. The van der Waals surface area contributed by atoms with E-state index < -0.39 is 15.8 Å². The van der Waals surface area contributed by atoms with Gasteiger partial charge >= 0.3 is 0 Å². The minimum atomic E-state index is -3.53. The molecule has 0 aromatic heterocycles. The fourth-order valence-corrected chi connectivity index (χ4v) is 4.08. The van der Waals surface area contributed by atoms with Gasteiger partial charge in [0.25, 0.3) is 0 Å². The lowest BCUT2D eigenvalue weighted by atomic mass is 10.00. The molecule has 2 rings (SSSR count). The van der Waals surface area contributed by atoms with E-state index in [1.165, 1.54) is 31.4 Å². The molecule has 1 aliphatic heterocycles. The predicted octanol–water partition coefficient (Wildman–Crippen LogP) is 2.76. The molecule has 1 aliphatic rings. The largest absolute Gasteiger partial charge is 0.300 e. The molecular weight excluding hydrogens is 303 g/mol. The number of rotatable bonds is 7. The Morgan fingerprint density at radius 1 is 1.27 bits per heavy atom. The van der Waals surface area contributed by atoms with Gasteiger partial charge in [-0.1, -0.05) is 13.3 Å². The summed E-state index contributed by atoms with van der Waals surface area (Å²) in [4.78, 5) is 2.58. The molecule has 1 aromatic rings. The molecule has 0 bridgehead atoms. The van der Waals surface area contributed by atoms with Gasteiger partial charge in [0.2, 0.25) is 10.0 Å². The molecular formula is C16H25FN2O2S. The summed E-state index contributed by atoms with van der Waals surface area (Å²) in [7, 11) is -3.53. The second-order valence-electron chi connectivity index (χ2n) is 5.80. The van der Waals surface area contributed by atoms with Gasteiger partial charge in [0.15, 0.2) is 0 Å². The molecule has 1 heterocycles. The molecule has 0 amide bonds. The van der Waals surface area contributed by atoms with Crippen molar-refractivity contribution in [1.29, 1.82) is 0 Å². The molecule has 0 aliphatic carbocycles. The number of nitrogens with zero attached hydrogens (tertiary/aromatic N) is 1. The van der Waals surface area contributed by atoms with Crippen molar-refractivity contribution in [3.05, 3.63) is 30.1 Å². The maximum Gasteiger partial charge on any atom is 0.240 e. The quantitative estimate of drug-likeness (QED) is 0.783. The van der Waals surface area contributed by atoms with Crippen molar-refractivity contribution in [3.63, 3.8) is 0 Å². The van der Waals surface area contributed by atoms with Gasteiger partial charge in [-0.15, -0.1) is 0 Å². The highest BCUT2D eigenvalue weighted by molar-refractivity contribution is 7.89. The molecule has 4 nitrogen and oxygen atoms in total. The molecule has 1 aromatic carbocycles. The average molecular weight is 328 g/mol. The maximum absolute atomic E-state index is 12.8. The Hall–Kier alpha value is -0.980. The zero-order valence-corrected chi connectivity index (χ0v) is 13.9. The minimum absolute atomic E-state index is 0.110. The Morgan fingerprint density at radius 3 is 2.68 bits per heavy atom. The van der Waals surface area contributed by atoms with Crippen LogP contribution in [0.4, 0.5) is 4.39 Å². The first kappa shape index (κ1) is 17.4. The highest BCUT2D eigenvalue weighted by Crippen LogP contribution is 2.19. The maximum atomic E-state index is 12.8. The van der Waals surface area contributed by atoms with Crippen LogP contribution in [0.1, 0.15) is 39.0 Å². The van der Waals surface area contributed by atoms with E-state index in [-0.39, 0.29) is 4.90 Å². The lowest BCUT2D eigenvalue weighted by molar-refractivity contribution is 0.143. The monoisotopic (exact) mass is 328 g/mol. The summed E-state index contributed by atoms with van der Waals surface area (Å²) in [6.07, 6.45) is 5.72. The number of hydrogen-bond acceptors (Lipinski definition) is 3. The molecule has 0 saturated carbocycles. The Labute approximate surface area is 132 Å². The number of benzene rings is 1. The van der Waals surface area contributed by atoms with Gasteiger partial charge in [0.05, 0.1) is 4.90 Å². The lowest BCUT2D eigenvalue weighted by Gasteiger charge is -2.35. The highest BCUT2D eigenvalue weighted by atomic mass is 32.2. The fraction of sp³-hybridized carbons (Fsp3) is 0.625. The third-order valence-electron chi connectivity index (χ3n) is 4.26. The Morgan fingerprint density at radius 2 is 2.00 bits per heavy atom. The number of piperidine rings is 1. The van der Waals surface area contributed by atoms with Crippen molar-refractivity contribution in [2.75, 3.05) is 19.6 Å². The molecule has 0 spiro atoms. The first-order valence-electron chi connectivity index (χ1n) is 8.02. The normalized spacial score (nSPS) is 20.2. The van der Waals surface area contributed by atoms with Crippen LogP contribution in [0.15, 0.2) is 29.2 Å². The van der Waals surface area contributed by atoms with E-state index in [4.69, 9.17) is 0 Å². The molecule has 1 atom stereocenters. The lowest BCUT2D eigenvalue weighted by Crippen LogP contribution is -2.40. The first-order valence-corrected chi connectivity index (χ1v) is 9.50. The van der Waals surface area contributed by atoms with Crippen LogP contribution in [0.3, 0.4) is 0 Å². The van der Waals surface area contributed by atoms with Crippen LogP contribution >= 0.6 is 0 Å². The van der Waals surface area contributed by atoms with Crippen molar-refractivity contribution in [2.24, 2.45) is 0 Å². The van der Waals surface area contributed by atoms with Crippen LogP contribution in [0.2, 0.25) is 0 Å². The fourth-order valence-electron chi connectivity index (χ4n) is 3.00. The zero-order valence-electron chi connectivity index (χ0n) is 13.1. The zero-order chi connectivity index (χ0) is 16.0. The molecule has 22 heavy (non-hydrogen) atoms. The van der Waals surface area contributed by atoms with Crippen molar-refractivity contribution in [2.45, 2.75) is 50.0 Å². The Balaban J connectivity index is 1.79. The number of nitrogens with one attached hydrogen (secondary N) is 1. The second-order valence-corrected chi connectivity index (χ2v) is 7.57. The van der Waals surface area contributed by atoms with Crippen LogP contribution in [0.5, 0.6) is 0 Å². The van der Waals surface area contributed by atoms with E-state index in [0.717, 1.165) is 38.1 Å². The van der Waals surface area contributed by atoms with Gasteiger partial charge in [-0.25, -0.2) is 17.5 Å². The second kappa shape index (κ2) is 8.04. The van der Waals surface area contributed by atoms with E-state index in [0.29, 0.717) is 12.6 Å². The summed E-state index contributed by atoms with van der Waals surface area (Å²) in [5.74, 6) is -0.436. The summed E-state index contributed by atoms with van der Waals surface area (Å²) in [6, 6.07) is 5.54. The van der Waals surface area contributed by atoms with Gasteiger partial charge in [-0.2, -0.15) is 0 Å². The van der Waals surface area contributed by atoms with Gasteiger partial charge in [0.1, 0.15) is 5.82 Å². The molecule has 6 heteroatoms. The standard InChI is InChI=1S/C16H25FN2O2S/c1-2-15-6-3-4-12-19(15)13-5-11-18-22(20,21)16-9-7-14(17)8-10-16/h7-10,15,18H,2-6,11-13H2,1H3/t15-/m0/s1. The van der Waals surface area contributed by atoms with E-state index in [2.05, 4.69) is 16.5 Å². The topological polar surface area (TPSA) is 49.4 Å². The van der Waals surface area contributed by atoms with Gasteiger partial charge in [0, 0.05) is 12.6 Å². The van der Waals surface area contributed by atoms with E-state index in [9.17, 15) is 12.8 Å². The number of likely N-dealkylation sites (tertiary alicyclic amines) is 1. The van der Waals surface area contributed by atoms with Crippen LogP contribution in [0, 0.1) is 5.82 Å². The molecule has 0 unspecified atom stereocenters. The molecule has 124 valence electrons. The number of sulfonamides is 1. The minimum Gasteiger partial charge on any atom is -0.300 e. The van der Waals surface area contributed by atoms with Crippen LogP contribution in [-0.2, 0) is 10.0 Å². The van der Waals surface area contributed by atoms with E-state index >= 15 is 0 Å². The van der Waals surface area contributed by atoms with Crippen LogP contribution < -0.4 is 4.72 Å². The summed E-state index contributed by atoms with van der Waals surface area (Å²) < 4.78 is 39.6. The van der Waals surface area contributed by atoms with Gasteiger partial charge < -0.3 is 4.90 Å². The summed E-state index contributed by atoms with van der Waals surface area (Å²) in [5, 5.41) is 0. The Bertz CT molecular complexity index is 560. The Kier molecular flexibility index (Phi) is 6.35. The average Bonchev–Trinajstić information content (AvgIpc) is 2.52. The summed E-state index contributed by atoms with van der Waals surface area (Å²) in [6.45, 7) is 4.65. The third kappa shape index (κ3) is 4.76. The molecule has 1 fully saturated rings. The van der Waals surface area contributed by atoms with Crippen molar-refractivity contribution in [1.82, 2.24) is 9.62 Å². The molecule has 1 N–H and O–H groups in total. The van der Waals surface area contributed by atoms with Gasteiger partial charge in [-0.05, 0) is 63.0 Å². The third-order valence-corrected chi connectivity index (χ3v) is 5.74. The molecule has 1 saturated heterocycles. The first-order chi connectivity index (χ1) is 10.5. The van der Waals surface area contributed by atoms with Crippen molar-refractivity contribution >= 4 is 10.0 Å². The SMILES string of the molecule is CC[C@H]1CCCCN1CCCNS(=O)(=O)c1ccc(F)cc1. The van der Waals surface area contributed by atoms with Gasteiger partial charge in [-0.3, -0.25) is 0 Å². The number of hydrogen-bond donors (Lipinski definition) is 1. The van der Waals surface area contributed by atoms with E-state index in [1.807, 2.05) is 0 Å². The highest BCUT2D eigenvalue weighted by Gasteiger charge is 2.20. The predicted molar refractivity (Wildman–Crippen MR) is 85.7 cm³/mol. The summed E-state index contributed by atoms with van der Waals surface area (Å²) >= 11 is 0. The molecule has 0 radical (unpaired) electrons. The van der Waals surface area contributed by atoms with Crippen molar-refractivity contribution < 1.29 is 12.8 Å². The van der Waals surface area contributed by atoms with Crippen molar-refractivity contribution in [3.8, 4) is 0 Å². The van der Waals surface area contributed by atoms with Crippen LogP contribution in [-0.4, -0.2) is 39.0 Å². The van der Waals surface area contributed by atoms with E-state index in [1.54, 1.807) is 0 Å².